The van der Waals surface area contributed by atoms with Gasteiger partial charge in [0.25, 0.3) is 5.91 Å². The molecule has 1 amide bonds. The van der Waals surface area contributed by atoms with Crippen LogP contribution in [0.25, 0.3) is 0 Å². The lowest BCUT2D eigenvalue weighted by Crippen LogP contribution is -2.21. The Morgan fingerprint density at radius 3 is 2.44 bits per heavy atom. The summed E-state index contributed by atoms with van der Waals surface area (Å²) in [4.78, 5) is 14.4. The van der Waals surface area contributed by atoms with Gasteiger partial charge in [-0.1, -0.05) is 0 Å². The highest BCUT2D eigenvalue weighted by Gasteiger charge is 2.15. The maximum atomic E-state index is 12.2. The molecule has 0 saturated carbocycles. The fourth-order valence-corrected chi connectivity index (χ4v) is 2.57. The average molecular weight is 364 g/mol. The minimum atomic E-state index is -0.286. The summed E-state index contributed by atoms with van der Waals surface area (Å²) in [6.07, 6.45) is 2.35. The van der Waals surface area contributed by atoms with Crippen molar-refractivity contribution in [2.24, 2.45) is 5.73 Å². The van der Waals surface area contributed by atoms with Gasteiger partial charge in [0.2, 0.25) is 0 Å². The van der Waals surface area contributed by atoms with E-state index in [2.05, 4.69) is 20.4 Å². The Labute approximate surface area is 153 Å². The highest BCUT2D eigenvalue weighted by atomic mass is 35.5. The van der Waals surface area contributed by atoms with Crippen molar-refractivity contribution in [3.05, 3.63) is 42.1 Å². The third-order valence-electron chi connectivity index (χ3n) is 3.81. The highest BCUT2D eigenvalue weighted by Crippen LogP contribution is 2.18. The second-order valence-electron chi connectivity index (χ2n) is 5.59. The van der Waals surface area contributed by atoms with Crippen molar-refractivity contribution < 1.29 is 9.53 Å². The predicted molar refractivity (Wildman–Crippen MR) is 99.7 cm³/mol. The van der Waals surface area contributed by atoms with Crippen LogP contribution < -0.4 is 20.7 Å². The molecule has 0 radical (unpaired) electrons. The molecule has 8 heteroatoms. The zero-order valence-electron chi connectivity index (χ0n) is 13.9. The summed E-state index contributed by atoms with van der Waals surface area (Å²) in [5, 5.41) is 11.0. The van der Waals surface area contributed by atoms with E-state index in [0.29, 0.717) is 30.3 Å². The number of ether oxygens (including phenoxy) is 1. The van der Waals surface area contributed by atoms with Crippen LogP contribution in [0.2, 0.25) is 0 Å². The lowest BCUT2D eigenvalue weighted by molar-refractivity contribution is 0.102. The number of hydrogen-bond donors (Lipinski definition) is 2. The summed E-state index contributed by atoms with van der Waals surface area (Å²) in [5.74, 6) is 1.25. The molecule has 0 bridgehead atoms. The molecule has 3 N–H and O–H groups in total. The molecule has 1 aliphatic rings. The van der Waals surface area contributed by atoms with Crippen molar-refractivity contribution in [3.8, 4) is 5.75 Å². The second-order valence-corrected chi connectivity index (χ2v) is 5.59. The van der Waals surface area contributed by atoms with Crippen LogP contribution in [0.15, 0.2) is 36.4 Å². The Kier molecular flexibility index (Phi) is 6.97. The standard InChI is InChI=1S/C17H21N5O2.ClH/c18-9-12-24-14-5-3-13(4-6-14)19-17(23)15-7-8-16(21-20-15)22-10-1-2-11-22;/h3-8H,1-2,9-12,18H2,(H,19,23);1H. The first-order valence-corrected chi connectivity index (χ1v) is 8.09. The van der Waals surface area contributed by atoms with Crippen molar-refractivity contribution in [3.63, 3.8) is 0 Å². The van der Waals surface area contributed by atoms with Crippen LogP contribution in [0.4, 0.5) is 11.5 Å². The summed E-state index contributed by atoms with van der Waals surface area (Å²) in [7, 11) is 0. The Morgan fingerprint density at radius 2 is 1.84 bits per heavy atom. The number of amides is 1. The summed E-state index contributed by atoms with van der Waals surface area (Å²) < 4.78 is 5.40. The van der Waals surface area contributed by atoms with Crippen molar-refractivity contribution in [2.75, 3.05) is 36.5 Å². The van der Waals surface area contributed by atoms with Gasteiger partial charge in [0.1, 0.15) is 12.4 Å². The first kappa shape index (κ1) is 19.0. The van der Waals surface area contributed by atoms with Gasteiger partial charge in [0.15, 0.2) is 11.5 Å². The van der Waals surface area contributed by atoms with Crippen LogP contribution in [0.1, 0.15) is 23.3 Å². The lowest BCUT2D eigenvalue weighted by Gasteiger charge is -2.15. The second kappa shape index (κ2) is 9.19. The van der Waals surface area contributed by atoms with E-state index in [-0.39, 0.29) is 18.3 Å². The molecule has 2 heterocycles. The smallest absolute Gasteiger partial charge is 0.276 e. The van der Waals surface area contributed by atoms with Crippen LogP contribution in [-0.2, 0) is 0 Å². The van der Waals surface area contributed by atoms with E-state index in [4.69, 9.17) is 10.5 Å². The highest BCUT2D eigenvalue weighted by molar-refractivity contribution is 6.02. The van der Waals surface area contributed by atoms with Gasteiger partial charge in [-0.15, -0.1) is 22.6 Å². The van der Waals surface area contributed by atoms with Gasteiger partial charge in [-0.2, -0.15) is 0 Å². The van der Waals surface area contributed by atoms with E-state index in [1.807, 2.05) is 6.07 Å². The molecule has 0 unspecified atom stereocenters. The third kappa shape index (κ3) is 5.04. The molecule has 1 aromatic carbocycles. The minimum absolute atomic E-state index is 0. The maximum absolute atomic E-state index is 12.2. The van der Waals surface area contributed by atoms with Crippen LogP contribution >= 0.6 is 12.4 Å². The number of benzene rings is 1. The van der Waals surface area contributed by atoms with Gasteiger partial charge in [-0.25, -0.2) is 0 Å². The number of carbonyl (C=O) groups excluding carboxylic acids is 1. The van der Waals surface area contributed by atoms with Crippen molar-refractivity contribution in [2.45, 2.75) is 12.8 Å². The molecular formula is C17H22ClN5O2. The van der Waals surface area contributed by atoms with E-state index in [0.717, 1.165) is 18.9 Å². The van der Waals surface area contributed by atoms with E-state index >= 15 is 0 Å². The first-order chi connectivity index (χ1) is 11.8. The van der Waals surface area contributed by atoms with Gasteiger partial charge in [-0.05, 0) is 49.2 Å². The van der Waals surface area contributed by atoms with E-state index in [1.54, 1.807) is 30.3 Å². The summed E-state index contributed by atoms with van der Waals surface area (Å²) >= 11 is 0. The van der Waals surface area contributed by atoms with Crippen molar-refractivity contribution in [1.82, 2.24) is 10.2 Å². The van der Waals surface area contributed by atoms with Gasteiger partial charge in [0, 0.05) is 25.3 Å². The van der Waals surface area contributed by atoms with Crippen LogP contribution in [0, 0.1) is 0 Å². The molecule has 0 atom stereocenters. The van der Waals surface area contributed by atoms with Crippen LogP contribution in [-0.4, -0.2) is 42.3 Å². The maximum Gasteiger partial charge on any atom is 0.276 e. The zero-order chi connectivity index (χ0) is 16.8. The quantitative estimate of drug-likeness (QED) is 0.816. The number of hydrogen-bond acceptors (Lipinski definition) is 6. The number of carbonyl (C=O) groups is 1. The lowest BCUT2D eigenvalue weighted by atomic mass is 10.3. The predicted octanol–water partition coefficient (Wildman–Crippen LogP) is 2.09. The number of halogens is 1. The molecular weight excluding hydrogens is 342 g/mol. The Bertz CT molecular complexity index is 672. The molecule has 3 rings (SSSR count). The van der Waals surface area contributed by atoms with Crippen molar-refractivity contribution >= 4 is 29.8 Å². The van der Waals surface area contributed by atoms with E-state index in [9.17, 15) is 4.79 Å². The van der Waals surface area contributed by atoms with Gasteiger partial charge < -0.3 is 20.7 Å². The zero-order valence-corrected chi connectivity index (χ0v) is 14.7. The number of anilines is 2. The Hall–Kier alpha value is -2.38. The van der Waals surface area contributed by atoms with Gasteiger partial charge in [0.05, 0.1) is 0 Å². The largest absolute Gasteiger partial charge is 0.492 e. The summed E-state index contributed by atoms with van der Waals surface area (Å²) in [6, 6.07) is 10.7. The van der Waals surface area contributed by atoms with Crippen LogP contribution in [0.3, 0.4) is 0 Å². The van der Waals surface area contributed by atoms with E-state index < -0.39 is 0 Å². The van der Waals surface area contributed by atoms with Gasteiger partial charge in [-0.3, -0.25) is 4.79 Å². The number of rotatable bonds is 6. The van der Waals surface area contributed by atoms with E-state index in [1.165, 1.54) is 12.8 Å². The third-order valence-corrected chi connectivity index (χ3v) is 3.81. The van der Waals surface area contributed by atoms with Crippen molar-refractivity contribution in [1.29, 1.82) is 0 Å². The topological polar surface area (TPSA) is 93.4 Å². The molecule has 7 nitrogen and oxygen atoms in total. The van der Waals surface area contributed by atoms with Crippen LogP contribution in [0.5, 0.6) is 5.75 Å². The number of nitrogens with two attached hydrogens (primary N) is 1. The number of nitrogens with zero attached hydrogens (tertiary/aromatic N) is 3. The Morgan fingerprint density at radius 1 is 1.12 bits per heavy atom. The average Bonchev–Trinajstić information content (AvgIpc) is 3.16. The fraction of sp³-hybridized carbons (Fsp3) is 0.353. The molecule has 25 heavy (non-hydrogen) atoms. The molecule has 1 saturated heterocycles. The SMILES string of the molecule is Cl.NCCOc1ccc(NC(=O)c2ccc(N3CCCC3)nn2)cc1. The Balaban J connectivity index is 0.00000225. The molecule has 0 aliphatic carbocycles. The summed E-state index contributed by atoms with van der Waals surface area (Å²) in [6.45, 7) is 2.92. The monoisotopic (exact) mass is 363 g/mol. The molecule has 2 aromatic rings. The molecule has 0 spiro atoms. The first-order valence-electron chi connectivity index (χ1n) is 8.09. The summed E-state index contributed by atoms with van der Waals surface area (Å²) in [5.41, 5.74) is 6.35. The molecule has 1 aliphatic heterocycles. The fourth-order valence-electron chi connectivity index (χ4n) is 2.57. The molecule has 134 valence electrons. The number of aromatic nitrogens is 2. The molecule has 1 aromatic heterocycles. The normalized spacial score (nSPS) is 13.2. The molecule has 1 fully saturated rings. The van der Waals surface area contributed by atoms with Gasteiger partial charge >= 0.3 is 0 Å². The minimum Gasteiger partial charge on any atom is -0.492 e. The number of nitrogens with one attached hydrogen (secondary N) is 1.